The zero-order valence-corrected chi connectivity index (χ0v) is 15.7. The molecule has 0 rings (SSSR count). The second-order valence-corrected chi connectivity index (χ2v) is 6.71. The molecule has 2 heteroatoms. The topological polar surface area (TPSA) is 21.6 Å². The zero-order valence-electron chi connectivity index (χ0n) is 15.7. The molecule has 0 unspecified atom stereocenters. The highest BCUT2D eigenvalue weighted by atomic mass is 16.6. The Balaban J connectivity index is 3.04. The van der Waals surface area contributed by atoms with Crippen LogP contribution in [0.4, 0.5) is 0 Å². The molecule has 0 aromatic rings. The van der Waals surface area contributed by atoms with Crippen LogP contribution < -0.4 is 0 Å². The lowest BCUT2D eigenvalue weighted by atomic mass is 10.0. The molecule has 0 heterocycles. The third-order valence-corrected chi connectivity index (χ3v) is 4.39. The van der Waals surface area contributed by atoms with Crippen molar-refractivity contribution in [3.63, 3.8) is 0 Å². The Morgan fingerprint density at radius 1 is 0.636 bits per heavy atom. The largest absolute Gasteiger partial charge is 0.399 e. The predicted octanol–water partition coefficient (Wildman–Crippen LogP) is 7.27. The number of hydrogen-bond acceptors (Lipinski definition) is 2. The summed E-state index contributed by atoms with van der Waals surface area (Å²) in [5, 5.41) is 3.94. The SMILES string of the molecule is CCCCCCCCCCCCCCCCCC(C)=NOC. The molecule has 0 aliphatic carbocycles. The molecule has 0 bridgehead atoms. The average molecular weight is 312 g/mol. The van der Waals surface area contributed by atoms with Gasteiger partial charge in [-0.25, -0.2) is 0 Å². The summed E-state index contributed by atoms with van der Waals surface area (Å²) in [4.78, 5) is 4.77. The van der Waals surface area contributed by atoms with Crippen LogP contribution in [0.1, 0.15) is 117 Å². The number of nitrogens with zero attached hydrogens (tertiary/aromatic N) is 1. The van der Waals surface area contributed by atoms with Crippen molar-refractivity contribution in [3.8, 4) is 0 Å². The Kier molecular flexibility index (Phi) is 18.1. The predicted molar refractivity (Wildman–Crippen MR) is 99.7 cm³/mol. The molecule has 0 saturated heterocycles. The van der Waals surface area contributed by atoms with Crippen molar-refractivity contribution in [1.82, 2.24) is 0 Å². The van der Waals surface area contributed by atoms with Crippen LogP contribution in [-0.4, -0.2) is 12.8 Å². The lowest BCUT2D eigenvalue weighted by Crippen LogP contribution is -1.92. The summed E-state index contributed by atoms with van der Waals surface area (Å²) in [6, 6.07) is 0. The van der Waals surface area contributed by atoms with Crippen molar-refractivity contribution in [2.75, 3.05) is 7.11 Å². The van der Waals surface area contributed by atoms with Gasteiger partial charge in [0.15, 0.2) is 0 Å². The minimum Gasteiger partial charge on any atom is -0.399 e. The second kappa shape index (κ2) is 18.5. The first kappa shape index (κ1) is 21.5. The van der Waals surface area contributed by atoms with E-state index in [1.165, 1.54) is 96.3 Å². The minimum atomic E-state index is 1.09. The van der Waals surface area contributed by atoms with E-state index in [1.807, 2.05) is 6.92 Å². The van der Waals surface area contributed by atoms with Crippen molar-refractivity contribution in [1.29, 1.82) is 0 Å². The van der Waals surface area contributed by atoms with E-state index in [4.69, 9.17) is 4.84 Å². The second-order valence-electron chi connectivity index (χ2n) is 6.71. The van der Waals surface area contributed by atoms with Crippen molar-refractivity contribution >= 4 is 5.71 Å². The van der Waals surface area contributed by atoms with Crippen molar-refractivity contribution in [2.24, 2.45) is 5.16 Å². The summed E-state index contributed by atoms with van der Waals surface area (Å²) >= 11 is 0. The van der Waals surface area contributed by atoms with E-state index in [0.717, 1.165) is 12.1 Å². The van der Waals surface area contributed by atoms with Gasteiger partial charge in [0.05, 0.1) is 5.71 Å². The maximum absolute atomic E-state index is 4.77. The van der Waals surface area contributed by atoms with Gasteiger partial charge in [-0.1, -0.05) is 102 Å². The third kappa shape index (κ3) is 17.5. The van der Waals surface area contributed by atoms with Crippen LogP contribution in [0.5, 0.6) is 0 Å². The van der Waals surface area contributed by atoms with Gasteiger partial charge in [0.25, 0.3) is 0 Å². The maximum atomic E-state index is 4.77. The quantitative estimate of drug-likeness (QED) is 0.157. The minimum absolute atomic E-state index is 1.09. The summed E-state index contributed by atoms with van der Waals surface area (Å²) in [5.74, 6) is 0. The molecule has 132 valence electrons. The molecule has 0 aromatic heterocycles. The van der Waals surface area contributed by atoms with E-state index in [-0.39, 0.29) is 0 Å². The molecule has 22 heavy (non-hydrogen) atoms. The summed E-state index contributed by atoms with van der Waals surface area (Å²) in [5.41, 5.74) is 1.12. The lowest BCUT2D eigenvalue weighted by molar-refractivity contribution is 0.212. The van der Waals surface area contributed by atoms with E-state index in [1.54, 1.807) is 7.11 Å². The highest BCUT2D eigenvalue weighted by Gasteiger charge is 1.95. The Morgan fingerprint density at radius 3 is 1.36 bits per heavy atom. The molecule has 0 aliphatic heterocycles. The van der Waals surface area contributed by atoms with Gasteiger partial charge >= 0.3 is 0 Å². The van der Waals surface area contributed by atoms with Gasteiger partial charge < -0.3 is 4.84 Å². The molecular formula is C20H41NO. The Bertz CT molecular complexity index is 238. The first-order valence-electron chi connectivity index (χ1n) is 9.88. The van der Waals surface area contributed by atoms with Crippen LogP contribution in [0, 0.1) is 0 Å². The van der Waals surface area contributed by atoms with Gasteiger partial charge in [0, 0.05) is 0 Å². The first-order chi connectivity index (χ1) is 10.8. The van der Waals surface area contributed by atoms with E-state index in [9.17, 15) is 0 Å². The van der Waals surface area contributed by atoms with Gasteiger partial charge in [-0.3, -0.25) is 0 Å². The Hall–Kier alpha value is -0.530. The van der Waals surface area contributed by atoms with Crippen LogP contribution in [0.3, 0.4) is 0 Å². The van der Waals surface area contributed by atoms with Gasteiger partial charge in [0.1, 0.15) is 7.11 Å². The van der Waals surface area contributed by atoms with Crippen LogP contribution in [0.2, 0.25) is 0 Å². The standard InChI is InChI=1S/C20H41NO/c1-4-5-6-7-8-9-10-11-12-13-14-15-16-17-18-19-20(2)21-22-3/h4-19H2,1-3H3. The van der Waals surface area contributed by atoms with Crippen molar-refractivity contribution in [2.45, 2.75) is 117 Å². The smallest absolute Gasteiger partial charge is 0.106 e. The van der Waals surface area contributed by atoms with E-state index < -0.39 is 0 Å². The summed E-state index contributed by atoms with van der Waals surface area (Å²) in [7, 11) is 1.62. The van der Waals surface area contributed by atoms with Crippen LogP contribution >= 0.6 is 0 Å². The molecule has 2 nitrogen and oxygen atoms in total. The fourth-order valence-electron chi connectivity index (χ4n) is 2.95. The molecule has 0 aliphatic rings. The number of unbranched alkanes of at least 4 members (excludes halogenated alkanes) is 14. The molecule has 0 N–H and O–H groups in total. The van der Waals surface area contributed by atoms with Crippen LogP contribution in [-0.2, 0) is 4.84 Å². The molecule has 0 radical (unpaired) electrons. The van der Waals surface area contributed by atoms with Gasteiger partial charge in [-0.05, 0) is 19.8 Å². The molecule has 0 spiro atoms. The van der Waals surface area contributed by atoms with E-state index in [0.29, 0.717) is 0 Å². The van der Waals surface area contributed by atoms with Gasteiger partial charge in [-0.2, -0.15) is 0 Å². The van der Waals surface area contributed by atoms with E-state index in [2.05, 4.69) is 12.1 Å². The number of oxime groups is 1. The number of rotatable bonds is 17. The average Bonchev–Trinajstić information content (AvgIpc) is 2.51. The van der Waals surface area contributed by atoms with Crippen molar-refractivity contribution in [3.05, 3.63) is 0 Å². The highest BCUT2D eigenvalue weighted by molar-refractivity contribution is 5.81. The van der Waals surface area contributed by atoms with Crippen LogP contribution in [0.25, 0.3) is 0 Å². The maximum Gasteiger partial charge on any atom is 0.106 e. The molecular weight excluding hydrogens is 270 g/mol. The first-order valence-corrected chi connectivity index (χ1v) is 9.88. The highest BCUT2D eigenvalue weighted by Crippen LogP contribution is 2.13. The molecule has 0 aromatic carbocycles. The Morgan fingerprint density at radius 2 is 1.00 bits per heavy atom. The van der Waals surface area contributed by atoms with Gasteiger partial charge in [-0.15, -0.1) is 0 Å². The fraction of sp³-hybridized carbons (Fsp3) is 0.950. The Labute approximate surface area is 140 Å². The summed E-state index contributed by atoms with van der Waals surface area (Å²) in [6.45, 7) is 4.34. The fourth-order valence-corrected chi connectivity index (χ4v) is 2.95. The lowest BCUT2D eigenvalue weighted by Gasteiger charge is -2.03. The monoisotopic (exact) mass is 311 g/mol. The van der Waals surface area contributed by atoms with E-state index >= 15 is 0 Å². The number of hydrogen-bond donors (Lipinski definition) is 0. The van der Waals surface area contributed by atoms with Crippen molar-refractivity contribution < 1.29 is 4.84 Å². The van der Waals surface area contributed by atoms with Crippen LogP contribution in [0.15, 0.2) is 5.16 Å². The molecule has 0 saturated carbocycles. The zero-order chi connectivity index (χ0) is 16.3. The molecule has 0 fully saturated rings. The summed E-state index contributed by atoms with van der Waals surface area (Å²) in [6.07, 6.45) is 22.4. The van der Waals surface area contributed by atoms with Gasteiger partial charge in [0.2, 0.25) is 0 Å². The summed E-state index contributed by atoms with van der Waals surface area (Å²) < 4.78 is 0. The molecule has 0 amide bonds. The molecule has 0 atom stereocenters. The normalized spacial score (nSPS) is 11.9. The third-order valence-electron chi connectivity index (χ3n) is 4.39.